The van der Waals surface area contributed by atoms with Crippen LogP contribution in [0.2, 0.25) is 0 Å². The fourth-order valence-electron chi connectivity index (χ4n) is 2.28. The number of hydrogen-bond acceptors (Lipinski definition) is 4. The maximum Gasteiger partial charge on any atom is 0.213 e. The summed E-state index contributed by atoms with van der Waals surface area (Å²) >= 11 is 0. The zero-order valence-electron chi connectivity index (χ0n) is 11.3. The fraction of sp³-hybridized carbons (Fsp3) is 0.643. The summed E-state index contributed by atoms with van der Waals surface area (Å²) in [5.41, 5.74) is 1.22. The molecule has 0 aliphatic carbocycles. The minimum atomic E-state index is 0.661. The lowest BCUT2D eigenvalue weighted by Crippen LogP contribution is -2.25. The van der Waals surface area contributed by atoms with Gasteiger partial charge in [-0.15, -0.1) is 0 Å². The highest BCUT2D eigenvalue weighted by atomic mass is 16.5. The van der Waals surface area contributed by atoms with Crippen molar-refractivity contribution in [3.63, 3.8) is 0 Å². The Balaban J connectivity index is 1.80. The summed E-state index contributed by atoms with van der Waals surface area (Å²) < 4.78 is 10.7. The molecule has 0 saturated carbocycles. The zero-order valence-corrected chi connectivity index (χ0v) is 11.3. The summed E-state index contributed by atoms with van der Waals surface area (Å²) in [6.45, 7) is 6.47. The Morgan fingerprint density at radius 3 is 3.00 bits per heavy atom. The number of rotatable bonds is 6. The first kappa shape index (κ1) is 13.3. The Morgan fingerprint density at radius 1 is 1.50 bits per heavy atom. The van der Waals surface area contributed by atoms with Crippen LogP contribution < -0.4 is 4.74 Å². The van der Waals surface area contributed by atoms with Crippen molar-refractivity contribution in [1.29, 1.82) is 0 Å². The van der Waals surface area contributed by atoms with Gasteiger partial charge in [0, 0.05) is 32.0 Å². The van der Waals surface area contributed by atoms with Gasteiger partial charge in [0.2, 0.25) is 5.88 Å². The minimum Gasteiger partial charge on any atom is -0.478 e. The molecule has 0 amide bonds. The van der Waals surface area contributed by atoms with E-state index in [4.69, 9.17) is 9.47 Å². The fourth-order valence-corrected chi connectivity index (χ4v) is 2.28. The largest absolute Gasteiger partial charge is 0.478 e. The van der Waals surface area contributed by atoms with Crippen molar-refractivity contribution < 1.29 is 9.47 Å². The van der Waals surface area contributed by atoms with Gasteiger partial charge >= 0.3 is 0 Å². The molecule has 0 spiro atoms. The van der Waals surface area contributed by atoms with E-state index in [0.29, 0.717) is 18.4 Å². The van der Waals surface area contributed by atoms with Crippen LogP contribution in [-0.4, -0.2) is 43.3 Å². The minimum absolute atomic E-state index is 0.661. The molecular formula is C14H22N2O2. The number of ether oxygens (including phenoxy) is 2. The van der Waals surface area contributed by atoms with Crippen LogP contribution in [0.4, 0.5) is 0 Å². The van der Waals surface area contributed by atoms with Gasteiger partial charge in [-0.05, 0) is 31.9 Å². The van der Waals surface area contributed by atoms with E-state index >= 15 is 0 Å². The molecule has 0 unspecified atom stereocenters. The van der Waals surface area contributed by atoms with E-state index in [2.05, 4.69) is 23.0 Å². The molecule has 2 rings (SSSR count). The van der Waals surface area contributed by atoms with Gasteiger partial charge < -0.3 is 14.4 Å². The van der Waals surface area contributed by atoms with Crippen LogP contribution in [0, 0.1) is 5.92 Å². The van der Waals surface area contributed by atoms with E-state index < -0.39 is 0 Å². The quantitative estimate of drug-likeness (QED) is 0.773. The lowest BCUT2D eigenvalue weighted by molar-refractivity contribution is 0.173. The van der Waals surface area contributed by atoms with Crippen LogP contribution >= 0.6 is 0 Å². The molecule has 100 valence electrons. The van der Waals surface area contributed by atoms with Gasteiger partial charge in [-0.2, -0.15) is 0 Å². The Labute approximate surface area is 109 Å². The molecule has 0 bridgehead atoms. The molecule has 1 fully saturated rings. The molecule has 4 heteroatoms. The summed E-state index contributed by atoms with van der Waals surface area (Å²) in [5, 5.41) is 0. The molecule has 0 radical (unpaired) electrons. The van der Waals surface area contributed by atoms with Gasteiger partial charge in [-0.1, -0.05) is 6.07 Å². The van der Waals surface area contributed by atoms with Crippen molar-refractivity contribution in [3.05, 3.63) is 23.9 Å². The number of nitrogens with zero attached hydrogens (tertiary/aromatic N) is 2. The van der Waals surface area contributed by atoms with E-state index in [1.165, 1.54) is 12.0 Å². The normalized spacial score (nSPS) is 19.4. The summed E-state index contributed by atoms with van der Waals surface area (Å²) in [4.78, 5) is 6.61. The van der Waals surface area contributed by atoms with E-state index in [1.54, 1.807) is 0 Å². The number of aromatic nitrogens is 1. The first-order chi connectivity index (χ1) is 8.78. The van der Waals surface area contributed by atoms with Crippen LogP contribution in [0.1, 0.15) is 18.9 Å². The highest BCUT2D eigenvalue weighted by molar-refractivity contribution is 5.17. The molecule has 1 atom stereocenters. The topological polar surface area (TPSA) is 34.6 Å². The van der Waals surface area contributed by atoms with Crippen LogP contribution in [-0.2, 0) is 11.3 Å². The van der Waals surface area contributed by atoms with Gasteiger partial charge in [0.1, 0.15) is 0 Å². The van der Waals surface area contributed by atoms with E-state index in [0.717, 1.165) is 26.3 Å². The molecule has 18 heavy (non-hydrogen) atoms. The monoisotopic (exact) mass is 250 g/mol. The maximum absolute atomic E-state index is 5.40. The molecule has 4 nitrogen and oxygen atoms in total. The third-order valence-corrected chi connectivity index (χ3v) is 3.14. The first-order valence-electron chi connectivity index (χ1n) is 6.62. The second-order valence-electron chi connectivity index (χ2n) is 4.86. The van der Waals surface area contributed by atoms with E-state index in [9.17, 15) is 0 Å². The second kappa shape index (κ2) is 6.71. The highest BCUT2D eigenvalue weighted by Gasteiger charge is 2.17. The smallest absolute Gasteiger partial charge is 0.213 e. The van der Waals surface area contributed by atoms with Crippen molar-refractivity contribution >= 4 is 0 Å². The highest BCUT2D eigenvalue weighted by Crippen LogP contribution is 2.15. The molecule has 2 heterocycles. The summed E-state index contributed by atoms with van der Waals surface area (Å²) in [6.07, 6.45) is 3.08. The molecule has 1 aromatic rings. The lowest BCUT2D eigenvalue weighted by atomic mass is 10.1. The Kier molecular flexibility index (Phi) is 4.96. The zero-order chi connectivity index (χ0) is 12.8. The predicted molar refractivity (Wildman–Crippen MR) is 70.7 cm³/mol. The molecule has 1 saturated heterocycles. The third kappa shape index (κ3) is 3.96. The van der Waals surface area contributed by atoms with Crippen molar-refractivity contribution in [3.8, 4) is 5.88 Å². The van der Waals surface area contributed by atoms with Crippen LogP contribution in [0.5, 0.6) is 5.88 Å². The maximum atomic E-state index is 5.40. The predicted octanol–water partition coefficient (Wildman–Crippen LogP) is 1.95. The standard InChI is InChI=1S/C14H22N2O2/c1-3-18-14-5-4-12(8-15-14)9-16(2)10-13-6-7-17-11-13/h4-5,8,13H,3,6-7,9-11H2,1-2H3/t13-/m0/s1. The van der Waals surface area contributed by atoms with Crippen molar-refractivity contribution in [2.24, 2.45) is 5.92 Å². The second-order valence-corrected chi connectivity index (χ2v) is 4.86. The third-order valence-electron chi connectivity index (χ3n) is 3.14. The molecule has 0 N–H and O–H groups in total. The number of hydrogen-bond donors (Lipinski definition) is 0. The van der Waals surface area contributed by atoms with Gasteiger partial charge in [-0.3, -0.25) is 0 Å². The van der Waals surface area contributed by atoms with Crippen molar-refractivity contribution in [1.82, 2.24) is 9.88 Å². The van der Waals surface area contributed by atoms with Gasteiger partial charge in [0.05, 0.1) is 13.2 Å². The Hall–Kier alpha value is -1.13. The SMILES string of the molecule is CCOc1ccc(CN(C)C[C@@H]2CCOC2)cn1. The average Bonchev–Trinajstić information content (AvgIpc) is 2.84. The summed E-state index contributed by atoms with van der Waals surface area (Å²) in [6, 6.07) is 4.02. The van der Waals surface area contributed by atoms with E-state index in [-0.39, 0.29) is 0 Å². The first-order valence-corrected chi connectivity index (χ1v) is 6.62. The molecular weight excluding hydrogens is 228 g/mol. The molecule has 1 aliphatic heterocycles. The van der Waals surface area contributed by atoms with Crippen LogP contribution in [0.3, 0.4) is 0 Å². The summed E-state index contributed by atoms with van der Waals surface area (Å²) in [7, 11) is 2.15. The van der Waals surface area contributed by atoms with Gasteiger partial charge in [-0.25, -0.2) is 4.98 Å². The Morgan fingerprint density at radius 2 is 2.39 bits per heavy atom. The molecule has 1 aliphatic rings. The van der Waals surface area contributed by atoms with Crippen LogP contribution in [0.25, 0.3) is 0 Å². The van der Waals surface area contributed by atoms with Gasteiger partial charge in [0.25, 0.3) is 0 Å². The van der Waals surface area contributed by atoms with E-state index in [1.807, 2.05) is 19.2 Å². The lowest BCUT2D eigenvalue weighted by Gasteiger charge is -2.19. The summed E-state index contributed by atoms with van der Waals surface area (Å²) in [5.74, 6) is 1.39. The molecule has 1 aromatic heterocycles. The molecule has 0 aromatic carbocycles. The van der Waals surface area contributed by atoms with Gasteiger partial charge in [0.15, 0.2) is 0 Å². The Bertz CT molecular complexity index is 347. The number of pyridine rings is 1. The average molecular weight is 250 g/mol. The van der Waals surface area contributed by atoms with Crippen molar-refractivity contribution in [2.75, 3.05) is 33.4 Å². The van der Waals surface area contributed by atoms with Crippen LogP contribution in [0.15, 0.2) is 18.3 Å². The van der Waals surface area contributed by atoms with Crippen molar-refractivity contribution in [2.45, 2.75) is 19.9 Å².